The van der Waals surface area contributed by atoms with Crippen molar-refractivity contribution in [1.29, 1.82) is 0 Å². The summed E-state index contributed by atoms with van der Waals surface area (Å²) in [5.41, 5.74) is 1.74. The molecule has 5 nitrogen and oxygen atoms in total. The molecule has 1 saturated heterocycles. The highest BCUT2D eigenvalue weighted by atomic mass is 35.5. The highest BCUT2D eigenvalue weighted by Gasteiger charge is 2.28. The van der Waals surface area contributed by atoms with Crippen LogP contribution in [0.3, 0.4) is 0 Å². The smallest absolute Gasteiger partial charge is 0.262 e. The number of allylic oxidation sites excluding steroid dienone is 1. The second-order valence-electron chi connectivity index (χ2n) is 8.48. The Morgan fingerprint density at radius 1 is 1.24 bits per heavy atom. The Kier molecular flexibility index (Phi) is 7.56. The van der Waals surface area contributed by atoms with Gasteiger partial charge < -0.3 is 4.90 Å². The molecule has 7 heteroatoms. The molecule has 0 bridgehead atoms. The van der Waals surface area contributed by atoms with Gasteiger partial charge in [0.2, 0.25) is 5.91 Å². The topological polar surface area (TPSA) is 55.2 Å². The lowest BCUT2D eigenvalue weighted by atomic mass is 9.90. The average Bonchev–Trinajstić information content (AvgIpc) is 2.82. The van der Waals surface area contributed by atoms with Crippen LogP contribution in [0.5, 0.6) is 0 Å². The quantitative estimate of drug-likeness (QED) is 0.264. The van der Waals surface area contributed by atoms with E-state index in [2.05, 4.69) is 35.8 Å². The predicted octanol–water partition coefficient (Wildman–Crippen LogP) is 5.20. The summed E-state index contributed by atoms with van der Waals surface area (Å²) < 4.78 is 1.57. The zero-order valence-electron chi connectivity index (χ0n) is 18.7. The van der Waals surface area contributed by atoms with Gasteiger partial charge in [-0.25, -0.2) is 4.98 Å². The standard InChI is InChI=1S/C26H28ClN3O2S/c1-3-13-30-25(32)22-10-9-21(27)17-23(22)28-26(30)33-18(2)24(31)29-14-11-20(12-15-29)16-19-7-5-4-6-8-19/h3-10,17-18,20H,1,11-16H2,2H3. The van der Waals surface area contributed by atoms with Crippen LogP contribution < -0.4 is 5.56 Å². The number of carbonyl (C=O) groups is 1. The molecule has 2 heterocycles. The van der Waals surface area contributed by atoms with Crippen LogP contribution in [-0.4, -0.2) is 38.7 Å². The molecule has 1 aliphatic heterocycles. The van der Waals surface area contributed by atoms with E-state index in [4.69, 9.17) is 11.6 Å². The lowest BCUT2D eigenvalue weighted by Crippen LogP contribution is -2.42. The van der Waals surface area contributed by atoms with E-state index in [9.17, 15) is 9.59 Å². The summed E-state index contributed by atoms with van der Waals surface area (Å²) in [6.07, 6.45) is 4.74. The summed E-state index contributed by atoms with van der Waals surface area (Å²) in [6, 6.07) is 15.6. The first-order valence-corrected chi connectivity index (χ1v) is 12.5. The van der Waals surface area contributed by atoms with Crippen molar-refractivity contribution in [1.82, 2.24) is 14.5 Å². The summed E-state index contributed by atoms with van der Waals surface area (Å²) in [5.74, 6) is 0.688. The number of aromatic nitrogens is 2. The second-order valence-corrected chi connectivity index (χ2v) is 10.2. The third-order valence-corrected chi connectivity index (χ3v) is 7.43. The molecule has 1 unspecified atom stereocenters. The maximum Gasteiger partial charge on any atom is 0.262 e. The summed E-state index contributed by atoms with van der Waals surface area (Å²) in [5, 5.41) is 1.18. The Balaban J connectivity index is 1.45. The van der Waals surface area contributed by atoms with Crippen LogP contribution in [0.2, 0.25) is 5.02 Å². The molecule has 0 radical (unpaired) electrons. The first kappa shape index (κ1) is 23.6. The number of carbonyl (C=O) groups excluding carboxylic acids is 1. The lowest BCUT2D eigenvalue weighted by molar-refractivity contribution is -0.131. The number of likely N-dealkylation sites (tertiary alicyclic amines) is 1. The Morgan fingerprint density at radius 3 is 2.67 bits per heavy atom. The van der Waals surface area contributed by atoms with Crippen LogP contribution >= 0.6 is 23.4 Å². The minimum Gasteiger partial charge on any atom is -0.342 e. The molecular formula is C26H28ClN3O2S. The van der Waals surface area contributed by atoms with Gasteiger partial charge in [-0.3, -0.25) is 14.2 Å². The molecule has 1 aromatic heterocycles. The Bertz CT molecular complexity index is 1200. The number of rotatable bonds is 7. The van der Waals surface area contributed by atoms with Crippen molar-refractivity contribution in [3.8, 4) is 0 Å². The Labute approximate surface area is 203 Å². The van der Waals surface area contributed by atoms with Crippen molar-refractivity contribution in [2.24, 2.45) is 5.92 Å². The SMILES string of the molecule is C=CCn1c(SC(C)C(=O)N2CCC(Cc3ccccc3)CC2)nc2cc(Cl)ccc2c1=O. The van der Waals surface area contributed by atoms with Crippen LogP contribution in [0.15, 0.2) is 71.1 Å². The van der Waals surface area contributed by atoms with Gasteiger partial charge in [0, 0.05) is 24.7 Å². The summed E-state index contributed by atoms with van der Waals surface area (Å²) in [7, 11) is 0. The van der Waals surface area contributed by atoms with E-state index < -0.39 is 0 Å². The fourth-order valence-corrected chi connectivity index (χ4v) is 5.49. The maximum atomic E-state index is 13.2. The van der Waals surface area contributed by atoms with Crippen LogP contribution in [0.25, 0.3) is 10.9 Å². The van der Waals surface area contributed by atoms with Gasteiger partial charge in [0.25, 0.3) is 5.56 Å². The number of amides is 1. The summed E-state index contributed by atoms with van der Waals surface area (Å²) >= 11 is 7.43. The number of halogens is 1. The number of thioether (sulfide) groups is 1. The number of fused-ring (bicyclic) bond motifs is 1. The molecular weight excluding hydrogens is 454 g/mol. The minimum atomic E-state index is -0.352. The molecule has 0 N–H and O–H groups in total. The van der Waals surface area contributed by atoms with Gasteiger partial charge in [0.15, 0.2) is 5.16 Å². The van der Waals surface area contributed by atoms with Gasteiger partial charge in [-0.05, 0) is 55.9 Å². The van der Waals surface area contributed by atoms with Crippen LogP contribution in [-0.2, 0) is 17.8 Å². The molecule has 1 atom stereocenters. The van der Waals surface area contributed by atoms with Gasteiger partial charge in [-0.1, -0.05) is 59.8 Å². The minimum absolute atomic E-state index is 0.0868. The van der Waals surface area contributed by atoms with E-state index in [0.717, 1.165) is 32.4 Å². The van der Waals surface area contributed by atoms with E-state index in [-0.39, 0.29) is 16.7 Å². The van der Waals surface area contributed by atoms with Gasteiger partial charge in [0.1, 0.15) is 0 Å². The highest BCUT2D eigenvalue weighted by molar-refractivity contribution is 8.00. The van der Waals surface area contributed by atoms with Crippen molar-refractivity contribution >= 4 is 40.2 Å². The van der Waals surface area contributed by atoms with Crippen molar-refractivity contribution in [2.75, 3.05) is 13.1 Å². The van der Waals surface area contributed by atoms with Crippen LogP contribution in [0, 0.1) is 5.92 Å². The summed E-state index contributed by atoms with van der Waals surface area (Å²) in [4.78, 5) is 32.8. The molecule has 33 heavy (non-hydrogen) atoms. The van der Waals surface area contributed by atoms with Crippen LogP contribution in [0.4, 0.5) is 0 Å². The number of nitrogens with zero attached hydrogens (tertiary/aromatic N) is 3. The molecule has 0 saturated carbocycles. The lowest BCUT2D eigenvalue weighted by Gasteiger charge is -2.33. The zero-order chi connectivity index (χ0) is 23.4. The third kappa shape index (κ3) is 5.50. The monoisotopic (exact) mass is 481 g/mol. The van der Waals surface area contributed by atoms with Gasteiger partial charge in [-0.15, -0.1) is 6.58 Å². The normalized spacial score (nSPS) is 15.5. The van der Waals surface area contributed by atoms with Crippen LogP contribution in [0.1, 0.15) is 25.3 Å². The number of hydrogen-bond donors (Lipinski definition) is 0. The Morgan fingerprint density at radius 2 is 1.97 bits per heavy atom. The van der Waals surface area contributed by atoms with Crippen molar-refractivity contribution in [2.45, 2.75) is 43.1 Å². The first-order chi connectivity index (χ1) is 16.0. The fourth-order valence-electron chi connectivity index (χ4n) is 4.32. The second kappa shape index (κ2) is 10.6. The molecule has 0 spiro atoms. The number of benzene rings is 2. The van der Waals surface area contributed by atoms with Crippen molar-refractivity contribution in [3.63, 3.8) is 0 Å². The van der Waals surface area contributed by atoms with E-state index >= 15 is 0 Å². The van der Waals surface area contributed by atoms with E-state index in [1.54, 1.807) is 28.8 Å². The summed E-state index contributed by atoms with van der Waals surface area (Å²) in [6.45, 7) is 7.51. The highest BCUT2D eigenvalue weighted by Crippen LogP contribution is 2.27. The van der Waals surface area contributed by atoms with Gasteiger partial charge in [-0.2, -0.15) is 0 Å². The van der Waals surface area contributed by atoms with Gasteiger partial charge >= 0.3 is 0 Å². The molecule has 1 fully saturated rings. The van der Waals surface area contributed by atoms with Crippen molar-refractivity contribution in [3.05, 3.63) is 82.1 Å². The largest absolute Gasteiger partial charge is 0.342 e. The first-order valence-electron chi connectivity index (χ1n) is 11.3. The molecule has 1 aliphatic rings. The van der Waals surface area contributed by atoms with Gasteiger partial charge in [0.05, 0.1) is 16.2 Å². The number of hydrogen-bond acceptors (Lipinski definition) is 4. The Hall–Kier alpha value is -2.57. The van der Waals surface area contributed by atoms with E-state index in [1.807, 2.05) is 17.9 Å². The molecule has 172 valence electrons. The van der Waals surface area contributed by atoms with E-state index in [0.29, 0.717) is 33.5 Å². The maximum absolute atomic E-state index is 13.2. The molecule has 3 aromatic rings. The predicted molar refractivity (Wildman–Crippen MR) is 136 cm³/mol. The fraction of sp³-hybridized carbons (Fsp3) is 0.346. The third-order valence-electron chi connectivity index (χ3n) is 6.12. The molecule has 4 rings (SSSR count). The molecule has 2 aromatic carbocycles. The van der Waals surface area contributed by atoms with Crippen molar-refractivity contribution < 1.29 is 4.79 Å². The zero-order valence-corrected chi connectivity index (χ0v) is 20.3. The number of piperidine rings is 1. The molecule has 1 amide bonds. The average molecular weight is 482 g/mol. The van der Waals surface area contributed by atoms with E-state index in [1.165, 1.54) is 17.3 Å². The molecule has 0 aliphatic carbocycles.